The van der Waals surface area contributed by atoms with Crippen molar-refractivity contribution in [3.63, 3.8) is 0 Å². The van der Waals surface area contributed by atoms with Crippen molar-refractivity contribution >= 4 is 23.1 Å². The number of H-pyrrole nitrogens is 1. The normalized spacial score (nSPS) is 8.82. The lowest BCUT2D eigenvalue weighted by atomic mass is 10.1. The first-order chi connectivity index (χ1) is 8.20. The minimum absolute atomic E-state index is 0.177. The Kier molecular flexibility index (Phi) is 7.39. The van der Waals surface area contributed by atoms with Crippen molar-refractivity contribution in [3.8, 4) is 0 Å². The summed E-state index contributed by atoms with van der Waals surface area (Å²) in [4.78, 5) is 2.84. The molecule has 1 heterocycles. The van der Waals surface area contributed by atoms with Crippen LogP contribution in [0.5, 0.6) is 0 Å². The van der Waals surface area contributed by atoms with Crippen LogP contribution in [-0.2, 0) is 0 Å². The minimum atomic E-state index is -0.325. The predicted molar refractivity (Wildman–Crippen MR) is 76.5 cm³/mol. The molecular formula is C14H20FNS. The summed E-state index contributed by atoms with van der Waals surface area (Å²) in [5.74, 6) is -0.325. The average molecular weight is 253 g/mol. The van der Waals surface area contributed by atoms with Gasteiger partial charge in [-0.05, 0) is 18.6 Å². The van der Waals surface area contributed by atoms with Gasteiger partial charge in [-0.3, -0.25) is 0 Å². The highest BCUT2D eigenvalue weighted by Gasteiger charge is 2.04. The van der Waals surface area contributed by atoms with E-state index in [1.807, 2.05) is 52.0 Å². The second kappa shape index (κ2) is 7.96. The Hall–Kier alpha value is -1.22. The molecule has 0 spiro atoms. The predicted octanol–water partition coefficient (Wildman–Crippen LogP) is 5.40. The second-order valence-corrected chi connectivity index (χ2v) is 3.35. The summed E-state index contributed by atoms with van der Waals surface area (Å²) in [6.07, 6.45) is 0. The first-order valence-electron chi connectivity index (χ1n) is 5.97. The minimum Gasteiger partial charge on any atom is -0.344 e. The van der Waals surface area contributed by atoms with E-state index in [0.717, 1.165) is 10.9 Å². The van der Waals surface area contributed by atoms with Crippen LogP contribution in [0.3, 0.4) is 0 Å². The maximum Gasteiger partial charge on any atom is 0.161 e. The zero-order chi connectivity index (χ0) is 13.4. The monoisotopic (exact) mass is 253 g/mol. The van der Waals surface area contributed by atoms with E-state index >= 15 is 0 Å². The van der Waals surface area contributed by atoms with E-state index in [0.29, 0.717) is 5.56 Å². The molecule has 0 bridgehead atoms. The quantitative estimate of drug-likeness (QED) is 0.622. The van der Waals surface area contributed by atoms with Gasteiger partial charge in [0.1, 0.15) is 4.64 Å². The number of aromatic amines is 1. The highest BCUT2D eigenvalue weighted by Crippen LogP contribution is 2.18. The Balaban J connectivity index is 0.000000581. The van der Waals surface area contributed by atoms with Gasteiger partial charge in [0.25, 0.3) is 0 Å². The summed E-state index contributed by atoms with van der Waals surface area (Å²) in [5.41, 5.74) is 1.49. The maximum atomic E-state index is 13.3. The first-order valence-corrected chi connectivity index (χ1v) is 6.38. The number of aromatic nitrogens is 1. The van der Waals surface area contributed by atoms with Crippen LogP contribution in [0, 0.1) is 17.4 Å². The number of rotatable bonds is 0. The molecule has 0 aliphatic rings. The zero-order valence-corrected chi connectivity index (χ0v) is 11.9. The third-order valence-electron chi connectivity index (χ3n) is 2.11. The van der Waals surface area contributed by atoms with Gasteiger partial charge in [0.05, 0.1) is 0 Å². The molecule has 0 radical (unpaired) electrons. The molecule has 2 aromatic rings. The van der Waals surface area contributed by atoms with Crippen LogP contribution in [0.25, 0.3) is 10.9 Å². The smallest absolute Gasteiger partial charge is 0.161 e. The third kappa shape index (κ3) is 3.63. The number of halogens is 1. The van der Waals surface area contributed by atoms with Crippen LogP contribution in [0.15, 0.2) is 24.3 Å². The van der Waals surface area contributed by atoms with Crippen LogP contribution in [0.1, 0.15) is 33.3 Å². The van der Waals surface area contributed by atoms with Crippen LogP contribution in [-0.4, -0.2) is 4.98 Å². The fourth-order valence-electron chi connectivity index (χ4n) is 1.38. The number of fused-ring (bicyclic) bond motifs is 1. The molecule has 1 aromatic carbocycles. The summed E-state index contributed by atoms with van der Waals surface area (Å²) >= 11 is 4.84. The van der Waals surface area contributed by atoms with Crippen molar-refractivity contribution < 1.29 is 4.39 Å². The van der Waals surface area contributed by atoms with Gasteiger partial charge in [-0.2, -0.15) is 0 Å². The number of hydrogen-bond acceptors (Lipinski definition) is 1. The lowest BCUT2D eigenvalue weighted by Crippen LogP contribution is -1.90. The molecule has 0 fully saturated rings. The van der Waals surface area contributed by atoms with Crippen molar-refractivity contribution in [3.05, 3.63) is 40.3 Å². The third-order valence-corrected chi connectivity index (χ3v) is 2.39. The topological polar surface area (TPSA) is 15.8 Å². The maximum absolute atomic E-state index is 13.3. The molecule has 17 heavy (non-hydrogen) atoms. The van der Waals surface area contributed by atoms with Crippen molar-refractivity contribution in [2.45, 2.75) is 34.6 Å². The molecule has 1 N–H and O–H groups in total. The first kappa shape index (κ1) is 15.8. The fourth-order valence-corrected chi connectivity index (χ4v) is 1.65. The molecule has 0 saturated heterocycles. The van der Waals surface area contributed by atoms with Gasteiger partial charge in [-0.1, -0.05) is 58.1 Å². The number of pyridine rings is 1. The Morgan fingerprint density at radius 3 is 2.18 bits per heavy atom. The number of nitrogens with one attached hydrogen (secondary N) is 1. The van der Waals surface area contributed by atoms with Gasteiger partial charge in [-0.15, -0.1) is 0 Å². The molecule has 0 aliphatic heterocycles. The van der Waals surface area contributed by atoms with E-state index in [9.17, 15) is 4.39 Å². The van der Waals surface area contributed by atoms with E-state index in [4.69, 9.17) is 12.2 Å². The molecule has 3 heteroatoms. The van der Waals surface area contributed by atoms with Gasteiger partial charge in [-0.25, -0.2) is 4.39 Å². The molecule has 0 atom stereocenters. The van der Waals surface area contributed by atoms with Gasteiger partial charge >= 0.3 is 0 Å². The van der Waals surface area contributed by atoms with Gasteiger partial charge in [0.15, 0.2) is 5.82 Å². The molecule has 94 valence electrons. The van der Waals surface area contributed by atoms with Crippen molar-refractivity contribution in [2.24, 2.45) is 0 Å². The molecule has 0 unspecified atom stereocenters. The van der Waals surface area contributed by atoms with Crippen molar-refractivity contribution in [1.29, 1.82) is 0 Å². The van der Waals surface area contributed by atoms with Gasteiger partial charge < -0.3 is 4.98 Å². The summed E-state index contributed by atoms with van der Waals surface area (Å²) in [7, 11) is 0. The largest absolute Gasteiger partial charge is 0.344 e. The Morgan fingerprint density at radius 2 is 1.59 bits per heavy atom. The molecular weight excluding hydrogens is 233 g/mol. The van der Waals surface area contributed by atoms with Gasteiger partial charge in [0, 0.05) is 10.9 Å². The van der Waals surface area contributed by atoms with E-state index < -0.39 is 0 Å². The van der Waals surface area contributed by atoms with Crippen LogP contribution in [0.4, 0.5) is 4.39 Å². The van der Waals surface area contributed by atoms with E-state index in [2.05, 4.69) is 4.98 Å². The molecule has 2 rings (SSSR count). The second-order valence-electron chi connectivity index (χ2n) is 2.94. The Labute approximate surface area is 108 Å². The summed E-state index contributed by atoms with van der Waals surface area (Å²) < 4.78 is 13.5. The number of hydrogen-bond donors (Lipinski definition) is 1. The van der Waals surface area contributed by atoms with Gasteiger partial charge in [0.2, 0.25) is 0 Å². The number of aryl methyl sites for hydroxylation is 1. The number of benzene rings is 1. The van der Waals surface area contributed by atoms with E-state index in [-0.39, 0.29) is 10.5 Å². The zero-order valence-electron chi connectivity index (χ0n) is 11.1. The van der Waals surface area contributed by atoms with Crippen molar-refractivity contribution in [2.75, 3.05) is 0 Å². The SMILES string of the molecule is CC.CC.Cc1c(F)c(=S)[nH]c2ccccc12. The Bertz CT molecular complexity index is 517. The molecule has 0 aliphatic carbocycles. The van der Waals surface area contributed by atoms with E-state index in [1.165, 1.54) is 0 Å². The van der Waals surface area contributed by atoms with Crippen LogP contribution in [0.2, 0.25) is 0 Å². The lowest BCUT2D eigenvalue weighted by molar-refractivity contribution is 0.611. The molecule has 0 saturated carbocycles. The lowest BCUT2D eigenvalue weighted by Gasteiger charge is -2.02. The van der Waals surface area contributed by atoms with Crippen molar-refractivity contribution in [1.82, 2.24) is 4.98 Å². The highest BCUT2D eigenvalue weighted by molar-refractivity contribution is 7.71. The summed E-state index contributed by atoms with van der Waals surface area (Å²) in [6, 6.07) is 7.53. The Morgan fingerprint density at radius 1 is 1.06 bits per heavy atom. The van der Waals surface area contributed by atoms with Crippen LogP contribution < -0.4 is 0 Å². The van der Waals surface area contributed by atoms with Crippen LogP contribution >= 0.6 is 12.2 Å². The molecule has 0 amide bonds. The summed E-state index contributed by atoms with van der Waals surface area (Å²) in [5, 5.41) is 0.883. The fraction of sp³-hybridized carbons (Fsp3) is 0.357. The molecule has 1 nitrogen and oxygen atoms in total. The molecule has 1 aromatic heterocycles. The van der Waals surface area contributed by atoms with E-state index in [1.54, 1.807) is 6.92 Å². The standard InChI is InChI=1S/C10H8FNS.2C2H6/c1-6-7-4-2-3-5-8(7)12-10(13)9(6)11;2*1-2/h2-5H,1H3,(H,12,13);2*1-2H3. The average Bonchev–Trinajstić information content (AvgIpc) is 2.41. The summed E-state index contributed by atoms with van der Waals surface area (Å²) in [6.45, 7) is 9.74. The number of para-hydroxylation sites is 1. The highest BCUT2D eigenvalue weighted by atomic mass is 32.1.